The normalized spacial score (nSPS) is 18.9. The smallest absolute Gasteiger partial charge is 0.416 e. The van der Waals surface area contributed by atoms with E-state index in [9.17, 15) is 31.5 Å². The fourth-order valence-corrected chi connectivity index (χ4v) is 2.59. The number of hydrazine groups is 1. The SMILES string of the molecule is CN(/[N+]([O-])=N\O[C@@H]1CCN(c2cc(C(F)(F)F)cc(C(F)(F)F)c2)C1)C(C)(C)C. The van der Waals surface area contributed by atoms with Gasteiger partial charge in [0.15, 0.2) is 6.10 Å². The largest absolute Gasteiger partial charge is 0.569 e. The highest BCUT2D eigenvalue weighted by Crippen LogP contribution is 2.39. The van der Waals surface area contributed by atoms with Crippen LogP contribution in [-0.4, -0.2) is 41.8 Å². The summed E-state index contributed by atoms with van der Waals surface area (Å²) in [6.45, 7) is 5.48. The lowest BCUT2D eigenvalue weighted by Gasteiger charge is -2.26. The van der Waals surface area contributed by atoms with Crippen molar-refractivity contribution in [3.63, 3.8) is 0 Å². The maximum atomic E-state index is 13.0. The molecular weight excluding hydrogens is 406 g/mol. The maximum Gasteiger partial charge on any atom is 0.416 e. The second-order valence-corrected chi connectivity index (χ2v) is 7.76. The van der Waals surface area contributed by atoms with Crippen LogP contribution in [0.25, 0.3) is 0 Å². The predicted octanol–water partition coefficient (Wildman–Crippen LogP) is 4.84. The molecule has 0 bridgehead atoms. The van der Waals surface area contributed by atoms with Crippen LogP contribution in [-0.2, 0) is 17.2 Å². The van der Waals surface area contributed by atoms with E-state index in [-0.39, 0.29) is 36.2 Å². The molecule has 12 heteroatoms. The van der Waals surface area contributed by atoms with E-state index in [1.54, 1.807) is 20.8 Å². The zero-order valence-corrected chi connectivity index (χ0v) is 16.3. The zero-order chi connectivity index (χ0) is 22.2. The summed E-state index contributed by atoms with van der Waals surface area (Å²) in [5.41, 5.74) is -3.51. The van der Waals surface area contributed by atoms with Crippen LogP contribution in [0.15, 0.2) is 23.5 Å². The Hall–Kier alpha value is -2.40. The molecule has 1 aromatic rings. The average Bonchev–Trinajstić information content (AvgIpc) is 3.05. The summed E-state index contributed by atoms with van der Waals surface area (Å²) < 4.78 is 78.1. The third-order valence-corrected chi connectivity index (χ3v) is 4.58. The molecule has 0 aromatic heterocycles. The molecule has 1 saturated heterocycles. The summed E-state index contributed by atoms with van der Waals surface area (Å²) in [6, 6.07) is 1.42. The molecule has 2 rings (SSSR count). The summed E-state index contributed by atoms with van der Waals surface area (Å²) >= 11 is 0. The van der Waals surface area contributed by atoms with Crippen LogP contribution >= 0.6 is 0 Å². The van der Waals surface area contributed by atoms with Gasteiger partial charge in [-0.3, -0.25) is 0 Å². The van der Waals surface area contributed by atoms with Gasteiger partial charge in [0.25, 0.3) is 0 Å². The molecule has 0 aliphatic carbocycles. The second kappa shape index (κ2) is 7.79. The number of benzene rings is 1. The van der Waals surface area contributed by atoms with Crippen molar-refractivity contribution in [3.8, 4) is 0 Å². The molecule has 6 nitrogen and oxygen atoms in total. The second-order valence-electron chi connectivity index (χ2n) is 7.76. The molecule has 0 spiro atoms. The van der Waals surface area contributed by atoms with E-state index >= 15 is 0 Å². The Balaban J connectivity index is 2.17. The summed E-state index contributed by atoms with van der Waals surface area (Å²) in [6.07, 6.45) is -10.2. The van der Waals surface area contributed by atoms with E-state index in [1.807, 2.05) is 0 Å². The highest BCUT2D eigenvalue weighted by Gasteiger charge is 2.38. The van der Waals surface area contributed by atoms with E-state index < -0.39 is 35.1 Å². The average molecular weight is 428 g/mol. The Morgan fingerprint density at radius 3 is 2.03 bits per heavy atom. The number of hydrogen-bond donors (Lipinski definition) is 0. The number of hydrogen-bond acceptors (Lipinski definition) is 4. The first kappa shape index (κ1) is 22.9. The Kier molecular flexibility index (Phi) is 6.15. The lowest BCUT2D eigenvalue weighted by Crippen LogP contribution is -2.42. The predicted molar refractivity (Wildman–Crippen MR) is 91.7 cm³/mol. The van der Waals surface area contributed by atoms with Crippen molar-refractivity contribution in [1.82, 2.24) is 5.01 Å². The number of halogens is 6. The summed E-state index contributed by atoms with van der Waals surface area (Å²) in [5, 5.41) is 16.6. The standard InChI is InChI=1S/C17H22F6N4O2/c1-15(2,3)25(4)27(28)24-29-14-5-6-26(10-14)13-8-11(16(18,19)20)7-12(9-13)17(21,22)23/h7-9,14H,5-6,10H2,1-4H3/b27-24+/t14-/m1/s1. The molecule has 1 aromatic carbocycles. The van der Waals surface area contributed by atoms with Crippen LogP contribution in [0.2, 0.25) is 0 Å². The van der Waals surface area contributed by atoms with Gasteiger partial charge in [0.1, 0.15) is 0 Å². The van der Waals surface area contributed by atoms with Crippen LogP contribution in [0, 0.1) is 5.21 Å². The fourth-order valence-electron chi connectivity index (χ4n) is 2.59. The first-order valence-electron chi connectivity index (χ1n) is 8.71. The van der Waals surface area contributed by atoms with Gasteiger partial charge >= 0.3 is 12.4 Å². The number of nitrogens with zero attached hydrogens (tertiary/aromatic N) is 4. The number of anilines is 1. The Labute approximate surface area is 163 Å². The third kappa shape index (κ3) is 5.80. The zero-order valence-electron chi connectivity index (χ0n) is 16.3. The summed E-state index contributed by atoms with van der Waals surface area (Å²) in [7, 11) is 1.50. The molecule has 0 unspecified atom stereocenters. The summed E-state index contributed by atoms with van der Waals surface area (Å²) in [5.74, 6) is 0. The van der Waals surface area contributed by atoms with Crippen molar-refractivity contribution in [1.29, 1.82) is 0 Å². The van der Waals surface area contributed by atoms with Crippen molar-refractivity contribution in [3.05, 3.63) is 34.5 Å². The first-order valence-corrected chi connectivity index (χ1v) is 8.71. The van der Waals surface area contributed by atoms with Crippen molar-refractivity contribution < 1.29 is 36.1 Å². The van der Waals surface area contributed by atoms with Crippen LogP contribution in [0.4, 0.5) is 32.0 Å². The minimum absolute atomic E-state index is 0.00478. The quantitative estimate of drug-likeness (QED) is 0.298. The Morgan fingerprint density at radius 1 is 1.07 bits per heavy atom. The number of alkyl halides is 6. The van der Waals surface area contributed by atoms with Crippen LogP contribution < -0.4 is 4.90 Å². The van der Waals surface area contributed by atoms with Crippen molar-refractivity contribution in [2.45, 2.75) is 51.2 Å². The molecule has 1 atom stereocenters. The molecule has 1 aliphatic rings. The van der Waals surface area contributed by atoms with E-state index in [2.05, 4.69) is 5.28 Å². The molecule has 0 amide bonds. The van der Waals surface area contributed by atoms with E-state index in [1.165, 1.54) is 17.0 Å². The van der Waals surface area contributed by atoms with E-state index in [0.717, 1.165) is 0 Å². The third-order valence-electron chi connectivity index (χ3n) is 4.58. The van der Waals surface area contributed by atoms with Crippen molar-refractivity contribution in [2.24, 2.45) is 5.28 Å². The Bertz CT molecular complexity index is 726. The van der Waals surface area contributed by atoms with Gasteiger partial charge in [-0.2, -0.15) is 26.3 Å². The molecule has 1 fully saturated rings. The minimum Gasteiger partial charge on any atom is -0.569 e. The molecule has 0 saturated carbocycles. The lowest BCUT2D eigenvalue weighted by atomic mass is 10.1. The van der Waals surface area contributed by atoms with E-state index in [0.29, 0.717) is 12.1 Å². The van der Waals surface area contributed by atoms with Crippen molar-refractivity contribution in [2.75, 3.05) is 25.0 Å². The van der Waals surface area contributed by atoms with Crippen molar-refractivity contribution >= 4 is 5.69 Å². The highest BCUT2D eigenvalue weighted by molar-refractivity contribution is 5.53. The molecule has 0 N–H and O–H groups in total. The van der Waals surface area contributed by atoms with Gasteiger partial charge in [0, 0.05) is 18.7 Å². The molecule has 1 aliphatic heterocycles. The number of rotatable bonds is 4. The lowest BCUT2D eigenvalue weighted by molar-refractivity contribution is -0.720. The van der Waals surface area contributed by atoms with Gasteiger partial charge in [-0.05, 0) is 39.0 Å². The van der Waals surface area contributed by atoms with Gasteiger partial charge in [-0.15, -0.1) is 5.01 Å². The molecule has 164 valence electrons. The minimum atomic E-state index is -4.92. The molecular formula is C17H22F6N4O2. The van der Waals surface area contributed by atoms with Gasteiger partial charge < -0.3 is 14.9 Å². The molecule has 0 radical (unpaired) electrons. The van der Waals surface area contributed by atoms with Gasteiger partial charge in [0.2, 0.25) is 5.28 Å². The van der Waals surface area contributed by atoms with Crippen LogP contribution in [0.3, 0.4) is 0 Å². The molecule has 29 heavy (non-hydrogen) atoms. The van der Waals surface area contributed by atoms with Crippen LogP contribution in [0.5, 0.6) is 0 Å². The maximum absolute atomic E-state index is 13.0. The van der Waals surface area contributed by atoms with Gasteiger partial charge in [-0.1, -0.05) is 0 Å². The summed E-state index contributed by atoms with van der Waals surface area (Å²) in [4.78, 5) is 6.72. The van der Waals surface area contributed by atoms with Gasteiger partial charge in [0.05, 0.1) is 35.2 Å². The Morgan fingerprint density at radius 2 is 1.59 bits per heavy atom. The topological polar surface area (TPSA) is 54.1 Å². The van der Waals surface area contributed by atoms with Crippen LogP contribution in [0.1, 0.15) is 38.3 Å². The van der Waals surface area contributed by atoms with Gasteiger partial charge in [-0.25, -0.2) is 0 Å². The fraction of sp³-hybridized carbons (Fsp3) is 0.647. The molecule has 1 heterocycles. The first-order chi connectivity index (χ1) is 13.1. The monoisotopic (exact) mass is 428 g/mol. The van der Waals surface area contributed by atoms with E-state index in [4.69, 9.17) is 4.84 Å². The highest BCUT2D eigenvalue weighted by atomic mass is 19.4.